The lowest BCUT2D eigenvalue weighted by molar-refractivity contribution is -0.119. The summed E-state index contributed by atoms with van der Waals surface area (Å²) >= 11 is 0. The van der Waals surface area contributed by atoms with Crippen LogP contribution < -0.4 is 20.9 Å². The van der Waals surface area contributed by atoms with Gasteiger partial charge in [-0.3, -0.25) is 10.2 Å². The summed E-state index contributed by atoms with van der Waals surface area (Å²) in [5.41, 5.74) is 3.09. The number of hydrazine groups is 1. The van der Waals surface area contributed by atoms with Crippen LogP contribution in [0.1, 0.15) is 6.42 Å². The average molecular weight is 221 g/mol. The summed E-state index contributed by atoms with van der Waals surface area (Å²) in [6, 6.07) is 7.71. The van der Waals surface area contributed by atoms with Crippen molar-refractivity contribution in [3.63, 3.8) is 0 Å². The van der Waals surface area contributed by atoms with E-state index in [9.17, 15) is 4.79 Å². The second kappa shape index (κ2) is 4.85. The zero-order valence-corrected chi connectivity index (χ0v) is 8.98. The van der Waals surface area contributed by atoms with E-state index in [0.29, 0.717) is 6.61 Å². The molecule has 0 fully saturated rings. The molecule has 1 aromatic rings. The van der Waals surface area contributed by atoms with Crippen LogP contribution in [0.25, 0.3) is 0 Å². The van der Waals surface area contributed by atoms with Crippen molar-refractivity contribution < 1.29 is 9.53 Å². The van der Waals surface area contributed by atoms with E-state index >= 15 is 0 Å². The molecule has 0 bridgehead atoms. The van der Waals surface area contributed by atoms with Crippen molar-refractivity contribution in [1.82, 2.24) is 5.43 Å². The van der Waals surface area contributed by atoms with Gasteiger partial charge in [0, 0.05) is 6.54 Å². The standard InChI is InChI=1S/C11H15N3O2/c12-13-11(15)8-14-6-3-7-16-10-5-2-1-4-9(10)14/h1-2,4-5H,3,6-8,12H2,(H,13,15). The van der Waals surface area contributed by atoms with Crippen molar-refractivity contribution in [1.29, 1.82) is 0 Å². The number of para-hydroxylation sites is 2. The zero-order chi connectivity index (χ0) is 11.4. The summed E-state index contributed by atoms with van der Waals surface area (Å²) in [4.78, 5) is 13.3. The third-order valence-corrected chi connectivity index (χ3v) is 2.53. The Morgan fingerprint density at radius 2 is 2.31 bits per heavy atom. The van der Waals surface area contributed by atoms with Crippen molar-refractivity contribution >= 4 is 11.6 Å². The van der Waals surface area contributed by atoms with Gasteiger partial charge in [-0.2, -0.15) is 0 Å². The number of ether oxygens (including phenoxy) is 1. The molecule has 3 N–H and O–H groups in total. The maximum atomic E-state index is 11.3. The predicted molar refractivity (Wildman–Crippen MR) is 61.1 cm³/mol. The molecule has 5 nitrogen and oxygen atoms in total. The Bertz CT molecular complexity index is 381. The normalized spacial score (nSPS) is 14.7. The molecule has 0 saturated heterocycles. The highest BCUT2D eigenvalue weighted by Gasteiger charge is 2.17. The van der Waals surface area contributed by atoms with Gasteiger partial charge in [-0.05, 0) is 18.6 Å². The Labute approximate surface area is 94.1 Å². The number of carbonyl (C=O) groups excluding carboxylic acids is 1. The number of fused-ring (bicyclic) bond motifs is 1. The van der Waals surface area contributed by atoms with E-state index in [2.05, 4.69) is 5.43 Å². The number of nitrogens with zero attached hydrogens (tertiary/aromatic N) is 1. The molecule has 16 heavy (non-hydrogen) atoms. The molecule has 0 atom stereocenters. The number of nitrogens with two attached hydrogens (primary N) is 1. The fourth-order valence-electron chi connectivity index (χ4n) is 1.78. The van der Waals surface area contributed by atoms with Crippen LogP contribution in [0.5, 0.6) is 5.75 Å². The lowest BCUT2D eigenvalue weighted by atomic mass is 10.2. The first-order valence-electron chi connectivity index (χ1n) is 5.27. The van der Waals surface area contributed by atoms with Gasteiger partial charge in [0.15, 0.2) is 0 Å². The third kappa shape index (κ3) is 2.25. The minimum atomic E-state index is -0.197. The molecule has 0 unspecified atom stereocenters. The molecule has 1 heterocycles. The maximum absolute atomic E-state index is 11.3. The summed E-state index contributed by atoms with van der Waals surface area (Å²) in [5, 5.41) is 0. The van der Waals surface area contributed by atoms with E-state index in [-0.39, 0.29) is 12.5 Å². The van der Waals surface area contributed by atoms with Gasteiger partial charge in [0.1, 0.15) is 5.75 Å². The van der Waals surface area contributed by atoms with E-state index in [1.165, 1.54) is 0 Å². The van der Waals surface area contributed by atoms with Gasteiger partial charge >= 0.3 is 0 Å². The van der Waals surface area contributed by atoms with Gasteiger partial charge in [-0.1, -0.05) is 12.1 Å². The van der Waals surface area contributed by atoms with Gasteiger partial charge in [0.05, 0.1) is 18.8 Å². The van der Waals surface area contributed by atoms with Crippen molar-refractivity contribution in [3.05, 3.63) is 24.3 Å². The molecule has 0 saturated carbocycles. The van der Waals surface area contributed by atoms with Gasteiger partial charge < -0.3 is 9.64 Å². The van der Waals surface area contributed by atoms with Crippen molar-refractivity contribution in [2.75, 3.05) is 24.6 Å². The molecule has 1 aliphatic rings. The van der Waals surface area contributed by atoms with Crippen LogP contribution in [0.2, 0.25) is 0 Å². The zero-order valence-electron chi connectivity index (χ0n) is 8.98. The Balaban J connectivity index is 2.22. The molecule has 1 aliphatic heterocycles. The molecule has 1 aromatic carbocycles. The van der Waals surface area contributed by atoms with E-state index in [0.717, 1.165) is 24.4 Å². The molecule has 0 aromatic heterocycles. The van der Waals surface area contributed by atoms with Crippen LogP contribution in [-0.2, 0) is 4.79 Å². The van der Waals surface area contributed by atoms with Crippen LogP contribution in [-0.4, -0.2) is 25.6 Å². The summed E-state index contributed by atoms with van der Waals surface area (Å²) in [6.45, 7) is 1.74. The van der Waals surface area contributed by atoms with Crippen LogP contribution in [0.15, 0.2) is 24.3 Å². The minimum absolute atomic E-state index is 0.197. The summed E-state index contributed by atoms with van der Waals surface area (Å²) < 4.78 is 5.59. The summed E-state index contributed by atoms with van der Waals surface area (Å²) in [7, 11) is 0. The second-order valence-corrected chi connectivity index (χ2v) is 3.66. The molecular weight excluding hydrogens is 206 g/mol. The first kappa shape index (κ1) is 10.8. The number of hydrogen-bond acceptors (Lipinski definition) is 4. The lowest BCUT2D eigenvalue weighted by Crippen LogP contribution is -2.40. The van der Waals surface area contributed by atoms with Gasteiger partial charge in [0.25, 0.3) is 5.91 Å². The fourth-order valence-corrected chi connectivity index (χ4v) is 1.78. The van der Waals surface area contributed by atoms with Gasteiger partial charge in [0.2, 0.25) is 0 Å². The SMILES string of the molecule is NNC(=O)CN1CCCOc2ccccc21. The summed E-state index contributed by atoms with van der Waals surface area (Å²) in [6.07, 6.45) is 0.895. The molecule has 86 valence electrons. The Morgan fingerprint density at radius 1 is 1.50 bits per heavy atom. The largest absolute Gasteiger partial charge is 0.491 e. The highest BCUT2D eigenvalue weighted by molar-refractivity contribution is 5.81. The van der Waals surface area contributed by atoms with E-state index in [1.807, 2.05) is 29.2 Å². The minimum Gasteiger partial charge on any atom is -0.491 e. The summed E-state index contributed by atoms with van der Waals surface area (Å²) in [5.74, 6) is 5.72. The van der Waals surface area contributed by atoms with Crippen LogP contribution in [0.3, 0.4) is 0 Å². The number of rotatable bonds is 2. The van der Waals surface area contributed by atoms with Crippen LogP contribution >= 0.6 is 0 Å². The molecular formula is C11H15N3O2. The number of benzene rings is 1. The Morgan fingerprint density at radius 3 is 3.12 bits per heavy atom. The third-order valence-electron chi connectivity index (χ3n) is 2.53. The van der Waals surface area contributed by atoms with Crippen molar-refractivity contribution in [2.45, 2.75) is 6.42 Å². The van der Waals surface area contributed by atoms with Crippen molar-refractivity contribution in [2.24, 2.45) is 5.84 Å². The van der Waals surface area contributed by atoms with E-state index in [1.54, 1.807) is 0 Å². The average Bonchev–Trinajstić information content (AvgIpc) is 2.52. The Hall–Kier alpha value is -1.75. The molecule has 5 heteroatoms. The second-order valence-electron chi connectivity index (χ2n) is 3.66. The number of carbonyl (C=O) groups is 1. The predicted octanol–water partition coefficient (Wildman–Crippen LogP) is 0.265. The smallest absolute Gasteiger partial charge is 0.253 e. The first-order valence-corrected chi connectivity index (χ1v) is 5.27. The molecule has 0 radical (unpaired) electrons. The van der Waals surface area contributed by atoms with Crippen molar-refractivity contribution in [3.8, 4) is 5.75 Å². The highest BCUT2D eigenvalue weighted by atomic mass is 16.5. The topological polar surface area (TPSA) is 67.6 Å². The van der Waals surface area contributed by atoms with Crippen LogP contribution in [0, 0.1) is 0 Å². The lowest BCUT2D eigenvalue weighted by Gasteiger charge is -2.22. The number of hydrogen-bond donors (Lipinski definition) is 2. The fraction of sp³-hybridized carbons (Fsp3) is 0.364. The van der Waals surface area contributed by atoms with E-state index in [4.69, 9.17) is 10.6 Å². The molecule has 2 rings (SSSR count). The number of amides is 1. The van der Waals surface area contributed by atoms with Crippen LogP contribution in [0.4, 0.5) is 5.69 Å². The first-order chi connectivity index (χ1) is 7.81. The number of anilines is 1. The molecule has 1 amide bonds. The quantitative estimate of drug-likeness (QED) is 0.427. The number of nitrogens with one attached hydrogen (secondary N) is 1. The Kier molecular flexibility index (Phi) is 3.26. The highest BCUT2D eigenvalue weighted by Crippen LogP contribution is 2.29. The van der Waals surface area contributed by atoms with Gasteiger partial charge in [-0.25, -0.2) is 5.84 Å². The van der Waals surface area contributed by atoms with Gasteiger partial charge in [-0.15, -0.1) is 0 Å². The molecule has 0 aliphatic carbocycles. The van der Waals surface area contributed by atoms with E-state index < -0.39 is 0 Å². The monoisotopic (exact) mass is 221 g/mol. The molecule has 0 spiro atoms. The maximum Gasteiger partial charge on any atom is 0.253 e.